The first-order valence-electron chi connectivity index (χ1n) is 6.50. The summed E-state index contributed by atoms with van der Waals surface area (Å²) in [6.07, 6.45) is 0.354. The Morgan fingerprint density at radius 1 is 1.25 bits per heavy atom. The SMILES string of the molecule is CCC(=O)N[C@@H](Cc1ccccc1)C(=O)NCB(O)O. The molecular weight excluding hydrogens is 259 g/mol. The van der Waals surface area contributed by atoms with Crippen LogP contribution in [0.4, 0.5) is 0 Å². The summed E-state index contributed by atoms with van der Waals surface area (Å²) in [5, 5.41) is 22.5. The van der Waals surface area contributed by atoms with Crippen molar-refractivity contribution in [1.82, 2.24) is 10.6 Å². The van der Waals surface area contributed by atoms with E-state index >= 15 is 0 Å². The second-order valence-electron chi connectivity index (χ2n) is 4.39. The molecule has 1 aromatic carbocycles. The molecule has 1 rings (SSSR count). The van der Waals surface area contributed by atoms with Crippen LogP contribution in [0.3, 0.4) is 0 Å². The van der Waals surface area contributed by atoms with Crippen LogP contribution in [0, 0.1) is 0 Å². The van der Waals surface area contributed by atoms with Gasteiger partial charge in [-0.3, -0.25) is 9.59 Å². The highest BCUT2D eigenvalue weighted by molar-refractivity contribution is 6.41. The van der Waals surface area contributed by atoms with Gasteiger partial charge in [-0.15, -0.1) is 0 Å². The monoisotopic (exact) mass is 278 g/mol. The maximum absolute atomic E-state index is 12.0. The summed E-state index contributed by atoms with van der Waals surface area (Å²) < 4.78 is 0. The highest BCUT2D eigenvalue weighted by Crippen LogP contribution is 2.04. The van der Waals surface area contributed by atoms with Gasteiger partial charge in [-0.2, -0.15) is 0 Å². The molecule has 0 unspecified atom stereocenters. The molecule has 0 saturated heterocycles. The van der Waals surface area contributed by atoms with Crippen LogP contribution in [0.15, 0.2) is 30.3 Å². The molecule has 0 bridgehead atoms. The normalized spacial score (nSPS) is 11.6. The van der Waals surface area contributed by atoms with E-state index in [1.54, 1.807) is 6.92 Å². The van der Waals surface area contributed by atoms with Gasteiger partial charge in [0.25, 0.3) is 0 Å². The molecule has 108 valence electrons. The number of hydrogen-bond donors (Lipinski definition) is 4. The third-order valence-electron chi connectivity index (χ3n) is 2.71. The van der Waals surface area contributed by atoms with Gasteiger partial charge in [0.2, 0.25) is 11.8 Å². The maximum atomic E-state index is 12.0. The minimum Gasteiger partial charge on any atom is -0.426 e. The van der Waals surface area contributed by atoms with Crippen molar-refractivity contribution < 1.29 is 19.6 Å². The first kappa shape index (κ1) is 16.2. The van der Waals surface area contributed by atoms with Crippen LogP contribution in [0.5, 0.6) is 0 Å². The van der Waals surface area contributed by atoms with Gasteiger partial charge in [0, 0.05) is 12.8 Å². The van der Waals surface area contributed by atoms with E-state index in [9.17, 15) is 9.59 Å². The second-order valence-corrected chi connectivity index (χ2v) is 4.39. The second kappa shape index (κ2) is 8.34. The molecule has 7 heteroatoms. The zero-order chi connectivity index (χ0) is 15.0. The quantitative estimate of drug-likeness (QED) is 0.493. The molecular formula is C13H19BN2O4. The Bertz CT molecular complexity index is 439. The minimum absolute atomic E-state index is 0.231. The molecule has 0 fully saturated rings. The molecule has 0 aliphatic carbocycles. The van der Waals surface area contributed by atoms with Crippen LogP contribution >= 0.6 is 0 Å². The number of amides is 2. The van der Waals surface area contributed by atoms with Gasteiger partial charge in [-0.05, 0) is 5.56 Å². The van der Waals surface area contributed by atoms with E-state index in [0.717, 1.165) is 5.56 Å². The van der Waals surface area contributed by atoms with E-state index in [1.165, 1.54) is 0 Å². The number of hydrogen-bond acceptors (Lipinski definition) is 4. The zero-order valence-electron chi connectivity index (χ0n) is 11.4. The van der Waals surface area contributed by atoms with Crippen molar-refractivity contribution in [3.63, 3.8) is 0 Å². The number of nitrogens with one attached hydrogen (secondary N) is 2. The molecule has 2 amide bonds. The van der Waals surface area contributed by atoms with Gasteiger partial charge in [0.05, 0.1) is 6.44 Å². The van der Waals surface area contributed by atoms with Crippen LogP contribution < -0.4 is 10.6 Å². The number of carbonyl (C=O) groups excluding carboxylic acids is 2. The summed E-state index contributed by atoms with van der Waals surface area (Å²) in [5.74, 6) is -0.672. The van der Waals surface area contributed by atoms with Crippen LogP contribution in [0.25, 0.3) is 0 Å². The molecule has 0 radical (unpaired) electrons. The first-order valence-corrected chi connectivity index (χ1v) is 6.50. The predicted molar refractivity (Wildman–Crippen MR) is 75.6 cm³/mol. The van der Waals surface area contributed by atoms with Gasteiger partial charge in [-0.25, -0.2) is 0 Å². The van der Waals surface area contributed by atoms with Crippen LogP contribution in [0.1, 0.15) is 18.9 Å². The average molecular weight is 278 g/mol. The van der Waals surface area contributed by atoms with Crippen LogP contribution in [-0.2, 0) is 16.0 Å². The van der Waals surface area contributed by atoms with E-state index in [4.69, 9.17) is 10.0 Å². The molecule has 0 aliphatic rings. The number of benzene rings is 1. The van der Waals surface area contributed by atoms with Crippen LogP contribution in [0.2, 0.25) is 0 Å². The maximum Gasteiger partial charge on any atom is 0.472 e. The Balaban J connectivity index is 2.69. The number of carbonyl (C=O) groups is 2. The Morgan fingerprint density at radius 3 is 2.45 bits per heavy atom. The lowest BCUT2D eigenvalue weighted by Gasteiger charge is -2.18. The minimum atomic E-state index is -1.61. The summed E-state index contributed by atoms with van der Waals surface area (Å²) in [7, 11) is -1.61. The fraction of sp³-hybridized carbons (Fsp3) is 0.385. The Labute approximate surface area is 118 Å². The summed E-state index contributed by atoms with van der Waals surface area (Å²) in [6, 6.07) is 8.56. The molecule has 6 nitrogen and oxygen atoms in total. The molecule has 0 saturated carbocycles. The van der Waals surface area contributed by atoms with Crippen LogP contribution in [-0.4, -0.2) is 41.5 Å². The highest BCUT2D eigenvalue weighted by Gasteiger charge is 2.21. The topological polar surface area (TPSA) is 98.7 Å². The van der Waals surface area contributed by atoms with Gasteiger partial charge in [0.15, 0.2) is 0 Å². The fourth-order valence-electron chi connectivity index (χ4n) is 1.67. The lowest BCUT2D eigenvalue weighted by Crippen LogP contribution is -2.50. The van der Waals surface area contributed by atoms with E-state index in [2.05, 4.69) is 10.6 Å². The van der Waals surface area contributed by atoms with Gasteiger partial charge < -0.3 is 20.7 Å². The van der Waals surface area contributed by atoms with E-state index in [0.29, 0.717) is 6.42 Å². The van der Waals surface area contributed by atoms with Crippen molar-refractivity contribution in [3.8, 4) is 0 Å². The van der Waals surface area contributed by atoms with Crippen molar-refractivity contribution in [2.24, 2.45) is 0 Å². The molecule has 1 atom stereocenters. The first-order chi connectivity index (χ1) is 9.52. The molecule has 0 heterocycles. The Morgan fingerprint density at radius 2 is 1.90 bits per heavy atom. The van der Waals surface area contributed by atoms with E-state index < -0.39 is 19.1 Å². The molecule has 4 N–H and O–H groups in total. The summed E-state index contributed by atoms with van der Waals surface area (Å²) >= 11 is 0. The van der Waals surface area contributed by atoms with E-state index in [-0.39, 0.29) is 18.8 Å². The largest absolute Gasteiger partial charge is 0.472 e. The lowest BCUT2D eigenvalue weighted by atomic mass is 9.92. The standard InChI is InChI=1S/C13H19BN2O4/c1-2-12(17)16-11(13(18)15-9-14(19)20)8-10-6-4-3-5-7-10/h3-7,11,19-20H,2,8-9H2,1H3,(H,15,18)(H,16,17)/t11-/m0/s1. The molecule has 0 spiro atoms. The summed E-state index contributed by atoms with van der Waals surface area (Å²) in [6.45, 7) is 1.70. The van der Waals surface area contributed by atoms with Crippen molar-refractivity contribution >= 4 is 18.9 Å². The lowest BCUT2D eigenvalue weighted by molar-refractivity contribution is -0.128. The predicted octanol–water partition coefficient (Wildman–Crippen LogP) is -0.748. The van der Waals surface area contributed by atoms with Gasteiger partial charge in [0.1, 0.15) is 6.04 Å². The van der Waals surface area contributed by atoms with Gasteiger partial charge >= 0.3 is 7.12 Å². The Kier molecular flexibility index (Phi) is 6.76. The fourth-order valence-corrected chi connectivity index (χ4v) is 1.67. The van der Waals surface area contributed by atoms with Crippen molar-refractivity contribution in [2.45, 2.75) is 25.8 Å². The zero-order valence-corrected chi connectivity index (χ0v) is 11.4. The molecule has 0 aliphatic heterocycles. The smallest absolute Gasteiger partial charge is 0.426 e. The highest BCUT2D eigenvalue weighted by atomic mass is 16.4. The van der Waals surface area contributed by atoms with Crippen molar-refractivity contribution in [3.05, 3.63) is 35.9 Å². The summed E-state index contributed by atoms with van der Waals surface area (Å²) in [4.78, 5) is 23.4. The molecule has 20 heavy (non-hydrogen) atoms. The van der Waals surface area contributed by atoms with E-state index in [1.807, 2.05) is 30.3 Å². The van der Waals surface area contributed by atoms with Gasteiger partial charge in [-0.1, -0.05) is 37.3 Å². The molecule has 0 aromatic heterocycles. The van der Waals surface area contributed by atoms with Crippen molar-refractivity contribution in [2.75, 3.05) is 6.44 Å². The Hall–Kier alpha value is -1.86. The summed E-state index contributed by atoms with van der Waals surface area (Å²) in [5.41, 5.74) is 0.911. The third kappa shape index (κ3) is 5.86. The number of rotatable bonds is 7. The average Bonchev–Trinajstić information content (AvgIpc) is 2.44. The van der Waals surface area contributed by atoms with Crippen molar-refractivity contribution in [1.29, 1.82) is 0 Å². The molecule has 1 aromatic rings. The third-order valence-corrected chi connectivity index (χ3v) is 2.71.